The number of aliphatic hydroxyl groups is 2. The van der Waals surface area contributed by atoms with E-state index in [1.807, 2.05) is 30.3 Å². The lowest BCUT2D eigenvalue weighted by molar-refractivity contribution is -0.299. The number of hydrogen-bond acceptors (Lipinski definition) is 10. The van der Waals surface area contributed by atoms with Crippen molar-refractivity contribution >= 4 is 12.2 Å². The van der Waals surface area contributed by atoms with E-state index in [1.54, 1.807) is 13.8 Å². The summed E-state index contributed by atoms with van der Waals surface area (Å²) < 4.78 is 28.0. The Hall–Kier alpha value is -2.48. The van der Waals surface area contributed by atoms with Crippen molar-refractivity contribution in [2.75, 3.05) is 46.1 Å². The zero-order chi connectivity index (χ0) is 25.9. The van der Waals surface area contributed by atoms with Crippen molar-refractivity contribution < 1.29 is 43.5 Å². The number of morpholine rings is 1. The van der Waals surface area contributed by atoms with Gasteiger partial charge in [-0.15, -0.1) is 0 Å². The molecular formula is C24H37N3O9. The Morgan fingerprint density at radius 3 is 2.47 bits per heavy atom. The fourth-order valence-corrected chi connectivity index (χ4v) is 3.89. The highest BCUT2D eigenvalue weighted by molar-refractivity contribution is 5.69. The van der Waals surface area contributed by atoms with Gasteiger partial charge in [-0.3, -0.25) is 4.90 Å². The van der Waals surface area contributed by atoms with Crippen molar-refractivity contribution in [1.29, 1.82) is 0 Å². The molecular weight excluding hydrogens is 474 g/mol. The van der Waals surface area contributed by atoms with Crippen LogP contribution in [0.4, 0.5) is 9.59 Å². The fraction of sp³-hybridized carbons (Fsp3) is 0.667. The van der Waals surface area contributed by atoms with E-state index in [4.69, 9.17) is 23.7 Å². The molecule has 12 heteroatoms. The van der Waals surface area contributed by atoms with Gasteiger partial charge in [-0.05, 0) is 19.4 Å². The number of ether oxygens (including phenoxy) is 5. The molecule has 0 radical (unpaired) electrons. The molecule has 1 aromatic rings. The average Bonchev–Trinajstić information content (AvgIpc) is 2.87. The number of benzene rings is 1. The summed E-state index contributed by atoms with van der Waals surface area (Å²) in [7, 11) is 0. The van der Waals surface area contributed by atoms with E-state index in [2.05, 4.69) is 15.5 Å². The van der Waals surface area contributed by atoms with Gasteiger partial charge in [0, 0.05) is 32.2 Å². The molecule has 2 aliphatic heterocycles. The third kappa shape index (κ3) is 8.57. The van der Waals surface area contributed by atoms with E-state index in [0.29, 0.717) is 19.8 Å². The lowest BCUT2D eigenvalue weighted by atomic mass is 9.99. The molecule has 202 valence electrons. The topological polar surface area (TPSA) is 148 Å². The molecule has 2 aliphatic rings. The van der Waals surface area contributed by atoms with Crippen LogP contribution in [0.3, 0.4) is 0 Å². The van der Waals surface area contributed by atoms with Gasteiger partial charge in [0.15, 0.2) is 18.5 Å². The van der Waals surface area contributed by atoms with Crippen molar-refractivity contribution in [2.45, 2.75) is 57.1 Å². The van der Waals surface area contributed by atoms with Crippen LogP contribution in [0, 0.1) is 0 Å². The predicted octanol–water partition coefficient (Wildman–Crippen LogP) is 0.212. The summed E-state index contributed by atoms with van der Waals surface area (Å²) in [5, 5.41) is 25.7. The van der Waals surface area contributed by atoms with Crippen LogP contribution in [0.2, 0.25) is 0 Å². The number of carbonyl (C=O) groups excluding carboxylic acids is 2. The summed E-state index contributed by atoms with van der Waals surface area (Å²) in [4.78, 5) is 27.2. The third-order valence-corrected chi connectivity index (χ3v) is 5.76. The van der Waals surface area contributed by atoms with Gasteiger partial charge >= 0.3 is 12.2 Å². The number of alkyl carbamates (subject to hydrolysis) is 2. The second kappa shape index (κ2) is 14.3. The Balaban J connectivity index is 1.70. The zero-order valence-electron chi connectivity index (χ0n) is 20.7. The normalized spacial score (nSPS) is 26.9. The first-order valence-corrected chi connectivity index (χ1v) is 12.2. The first-order chi connectivity index (χ1) is 17.4. The third-order valence-electron chi connectivity index (χ3n) is 5.76. The zero-order valence-corrected chi connectivity index (χ0v) is 20.7. The van der Waals surface area contributed by atoms with Gasteiger partial charge in [0.05, 0.1) is 26.4 Å². The van der Waals surface area contributed by atoms with Crippen molar-refractivity contribution in [3.05, 3.63) is 35.9 Å². The van der Waals surface area contributed by atoms with Gasteiger partial charge in [-0.2, -0.15) is 0 Å². The van der Waals surface area contributed by atoms with Crippen molar-refractivity contribution in [3.8, 4) is 0 Å². The second-order valence-electron chi connectivity index (χ2n) is 8.92. The van der Waals surface area contributed by atoms with E-state index in [0.717, 1.165) is 18.7 Å². The molecule has 1 aromatic carbocycles. The van der Waals surface area contributed by atoms with Gasteiger partial charge in [0.25, 0.3) is 0 Å². The van der Waals surface area contributed by atoms with E-state index in [1.165, 1.54) is 0 Å². The van der Waals surface area contributed by atoms with Crippen LogP contribution in [0.1, 0.15) is 19.4 Å². The first kappa shape index (κ1) is 28.1. The molecule has 2 fully saturated rings. The van der Waals surface area contributed by atoms with E-state index >= 15 is 0 Å². The number of nitrogens with zero attached hydrogens (tertiary/aromatic N) is 1. The summed E-state index contributed by atoms with van der Waals surface area (Å²) >= 11 is 0. The highest BCUT2D eigenvalue weighted by atomic mass is 16.7. The largest absolute Gasteiger partial charge is 0.439 e. The van der Waals surface area contributed by atoms with Gasteiger partial charge < -0.3 is 44.5 Å². The lowest BCUT2D eigenvalue weighted by Gasteiger charge is -2.42. The molecule has 0 unspecified atom stereocenters. The molecule has 4 N–H and O–H groups in total. The maximum absolute atomic E-state index is 12.7. The predicted molar refractivity (Wildman–Crippen MR) is 127 cm³/mol. The van der Waals surface area contributed by atoms with E-state index < -0.39 is 49.5 Å². The van der Waals surface area contributed by atoms with Crippen LogP contribution in [-0.2, 0) is 30.2 Å². The fourth-order valence-electron chi connectivity index (χ4n) is 3.89. The second-order valence-corrected chi connectivity index (χ2v) is 8.92. The summed E-state index contributed by atoms with van der Waals surface area (Å²) in [6, 6.07) is 9.02. The summed E-state index contributed by atoms with van der Waals surface area (Å²) in [5.41, 5.74) is 0.858. The van der Waals surface area contributed by atoms with Crippen LogP contribution in [0.5, 0.6) is 0 Å². The maximum atomic E-state index is 12.7. The maximum Gasteiger partial charge on any atom is 0.408 e. The SMILES string of the molecule is CC(C)NC(=O)O[C@H]1[C@H](O)[C@@H](CO)O[C@@H](OCCN2CCOCC2)[C@@H]1OC(=O)NCc1ccccc1. The molecule has 0 spiro atoms. The average molecular weight is 512 g/mol. The first-order valence-electron chi connectivity index (χ1n) is 12.2. The van der Waals surface area contributed by atoms with E-state index in [9.17, 15) is 19.8 Å². The van der Waals surface area contributed by atoms with Crippen molar-refractivity contribution in [1.82, 2.24) is 15.5 Å². The van der Waals surface area contributed by atoms with Crippen LogP contribution in [-0.4, -0.2) is 110 Å². The monoisotopic (exact) mass is 511 g/mol. The van der Waals surface area contributed by atoms with Crippen LogP contribution >= 0.6 is 0 Å². The minimum absolute atomic E-state index is 0.205. The molecule has 5 atom stereocenters. The Labute approximate surface area is 210 Å². The van der Waals surface area contributed by atoms with E-state index in [-0.39, 0.29) is 19.2 Å². The molecule has 2 heterocycles. The Morgan fingerprint density at radius 2 is 1.81 bits per heavy atom. The molecule has 0 bridgehead atoms. The lowest BCUT2D eigenvalue weighted by Crippen LogP contribution is -2.62. The number of rotatable bonds is 10. The number of hydrogen-bond donors (Lipinski definition) is 4. The molecule has 0 aromatic heterocycles. The number of carbonyl (C=O) groups is 2. The smallest absolute Gasteiger partial charge is 0.408 e. The van der Waals surface area contributed by atoms with Crippen molar-refractivity contribution in [3.63, 3.8) is 0 Å². The van der Waals surface area contributed by atoms with Crippen molar-refractivity contribution in [2.24, 2.45) is 0 Å². The van der Waals surface area contributed by atoms with Gasteiger partial charge in [0.2, 0.25) is 0 Å². The number of nitrogens with one attached hydrogen (secondary N) is 2. The minimum Gasteiger partial charge on any atom is -0.439 e. The Bertz CT molecular complexity index is 807. The molecule has 3 rings (SSSR count). The molecule has 2 saturated heterocycles. The summed E-state index contributed by atoms with van der Waals surface area (Å²) in [6.07, 6.45) is -8.00. The highest BCUT2D eigenvalue weighted by Gasteiger charge is 2.50. The van der Waals surface area contributed by atoms with Gasteiger partial charge in [-0.1, -0.05) is 30.3 Å². The van der Waals surface area contributed by atoms with Crippen LogP contribution in [0.15, 0.2) is 30.3 Å². The molecule has 36 heavy (non-hydrogen) atoms. The Morgan fingerprint density at radius 1 is 1.11 bits per heavy atom. The summed E-state index contributed by atoms with van der Waals surface area (Å²) in [6.45, 7) is 6.73. The summed E-state index contributed by atoms with van der Waals surface area (Å²) in [5.74, 6) is 0. The molecule has 12 nitrogen and oxygen atoms in total. The molecule has 0 saturated carbocycles. The number of aliphatic hydroxyl groups excluding tert-OH is 2. The van der Waals surface area contributed by atoms with Gasteiger partial charge in [-0.25, -0.2) is 9.59 Å². The Kier molecular flexibility index (Phi) is 11.2. The van der Waals surface area contributed by atoms with Crippen LogP contribution in [0.25, 0.3) is 0 Å². The molecule has 0 aliphatic carbocycles. The van der Waals surface area contributed by atoms with Crippen LogP contribution < -0.4 is 10.6 Å². The number of amides is 2. The van der Waals surface area contributed by atoms with Gasteiger partial charge in [0.1, 0.15) is 12.2 Å². The minimum atomic E-state index is -1.46. The molecule has 2 amide bonds. The standard InChI is InChI=1S/C24H37N3O9/c1-16(2)26-24(31)35-20-19(29)18(15-28)34-22(33-13-10-27-8-11-32-12-9-27)21(20)36-23(30)25-14-17-6-4-3-5-7-17/h3-7,16,18-22,28-29H,8-15H2,1-2H3,(H,25,30)(H,26,31)/t18-,19-,20+,21-,22-/m1/s1. The highest BCUT2D eigenvalue weighted by Crippen LogP contribution is 2.27. The quantitative estimate of drug-likeness (QED) is 0.344.